The van der Waals surface area contributed by atoms with Crippen LogP contribution in [0.3, 0.4) is 0 Å². The van der Waals surface area contributed by atoms with E-state index in [2.05, 4.69) is 6.92 Å². The Morgan fingerprint density at radius 3 is 2.15 bits per heavy atom. The van der Waals surface area contributed by atoms with E-state index in [-0.39, 0.29) is 5.25 Å². The predicted molar refractivity (Wildman–Crippen MR) is 88.7 cm³/mol. The maximum Gasteiger partial charge on any atom is 0.0564 e. The van der Waals surface area contributed by atoms with Crippen LogP contribution in [0.25, 0.3) is 11.0 Å². The van der Waals surface area contributed by atoms with Crippen LogP contribution < -0.4 is 0 Å². The van der Waals surface area contributed by atoms with Gasteiger partial charge in [-0.05, 0) is 23.6 Å². The molecule has 2 aromatic carbocycles. The van der Waals surface area contributed by atoms with Crippen molar-refractivity contribution in [3.63, 3.8) is 0 Å². The van der Waals surface area contributed by atoms with Gasteiger partial charge in [0, 0.05) is 10.2 Å². The largest absolute Gasteiger partial charge is 0.254 e. The smallest absolute Gasteiger partial charge is 0.0564 e. The molecule has 0 aromatic heterocycles. The van der Waals surface area contributed by atoms with E-state index < -0.39 is 10.8 Å². The highest BCUT2D eigenvalue weighted by molar-refractivity contribution is 7.95. The van der Waals surface area contributed by atoms with E-state index in [1.165, 1.54) is 0 Å². The Kier molecular flexibility index (Phi) is 5.31. The SMILES string of the molecule is CCC(C)S(=O)/C(=C\c1ccccc1)c1ccccc1. The molecule has 0 bridgehead atoms. The minimum atomic E-state index is -0.993. The van der Waals surface area contributed by atoms with Gasteiger partial charge in [0.1, 0.15) is 0 Å². The Morgan fingerprint density at radius 2 is 1.60 bits per heavy atom. The molecule has 2 rings (SSSR count). The van der Waals surface area contributed by atoms with Crippen LogP contribution in [0.5, 0.6) is 0 Å². The Bertz CT molecular complexity index is 587. The molecule has 0 aliphatic rings. The Labute approximate surface area is 123 Å². The molecule has 0 spiro atoms. The fourth-order valence-electron chi connectivity index (χ4n) is 1.93. The first-order chi connectivity index (χ1) is 9.72. The normalized spacial score (nSPS) is 14.8. The molecule has 2 unspecified atom stereocenters. The number of hydrogen-bond acceptors (Lipinski definition) is 1. The van der Waals surface area contributed by atoms with Crippen molar-refractivity contribution in [1.29, 1.82) is 0 Å². The zero-order valence-electron chi connectivity index (χ0n) is 12.0. The van der Waals surface area contributed by atoms with Crippen LogP contribution in [0, 0.1) is 0 Å². The summed E-state index contributed by atoms with van der Waals surface area (Å²) in [5, 5.41) is 0.158. The van der Waals surface area contributed by atoms with Crippen molar-refractivity contribution < 1.29 is 4.21 Å². The maximum atomic E-state index is 12.7. The Morgan fingerprint density at radius 1 is 1.05 bits per heavy atom. The lowest BCUT2D eigenvalue weighted by molar-refractivity contribution is 0.677. The van der Waals surface area contributed by atoms with Gasteiger partial charge >= 0.3 is 0 Å². The molecule has 0 aliphatic carbocycles. The summed E-state index contributed by atoms with van der Waals surface area (Å²) in [6.45, 7) is 4.12. The van der Waals surface area contributed by atoms with Gasteiger partial charge in [0.05, 0.1) is 10.8 Å². The van der Waals surface area contributed by atoms with E-state index in [9.17, 15) is 4.21 Å². The molecule has 0 aliphatic heterocycles. The first kappa shape index (κ1) is 14.7. The van der Waals surface area contributed by atoms with E-state index in [1.54, 1.807) is 0 Å². The molecule has 1 nitrogen and oxygen atoms in total. The first-order valence-electron chi connectivity index (χ1n) is 6.95. The van der Waals surface area contributed by atoms with Crippen LogP contribution >= 0.6 is 0 Å². The minimum Gasteiger partial charge on any atom is -0.254 e. The van der Waals surface area contributed by atoms with Gasteiger partial charge in [-0.15, -0.1) is 0 Å². The molecule has 0 heterocycles. The molecule has 2 heteroatoms. The molecule has 20 heavy (non-hydrogen) atoms. The molecular formula is C18H20OS. The highest BCUT2D eigenvalue weighted by atomic mass is 32.2. The van der Waals surface area contributed by atoms with Crippen LogP contribution in [-0.4, -0.2) is 9.46 Å². The molecule has 0 saturated heterocycles. The van der Waals surface area contributed by atoms with Crippen molar-refractivity contribution in [1.82, 2.24) is 0 Å². The molecular weight excluding hydrogens is 264 g/mol. The van der Waals surface area contributed by atoms with Gasteiger partial charge in [-0.25, -0.2) is 0 Å². The highest BCUT2D eigenvalue weighted by Crippen LogP contribution is 2.25. The fraction of sp³-hybridized carbons (Fsp3) is 0.222. The fourth-order valence-corrected chi connectivity index (χ4v) is 3.29. The third-order valence-corrected chi connectivity index (χ3v) is 5.16. The van der Waals surface area contributed by atoms with E-state index in [4.69, 9.17) is 0 Å². The quantitative estimate of drug-likeness (QED) is 0.725. The van der Waals surface area contributed by atoms with Crippen LogP contribution in [0.15, 0.2) is 60.7 Å². The van der Waals surface area contributed by atoms with Crippen LogP contribution in [0.4, 0.5) is 0 Å². The summed E-state index contributed by atoms with van der Waals surface area (Å²) in [6.07, 6.45) is 2.95. The lowest BCUT2D eigenvalue weighted by Gasteiger charge is -2.13. The maximum absolute atomic E-state index is 12.7. The topological polar surface area (TPSA) is 17.1 Å². The van der Waals surface area contributed by atoms with Crippen LogP contribution in [0.2, 0.25) is 0 Å². The highest BCUT2D eigenvalue weighted by Gasteiger charge is 2.15. The van der Waals surface area contributed by atoms with Crippen molar-refractivity contribution in [3.05, 3.63) is 71.8 Å². The van der Waals surface area contributed by atoms with Gasteiger partial charge in [0.25, 0.3) is 0 Å². The summed E-state index contributed by atoms with van der Waals surface area (Å²) in [5.41, 5.74) is 2.12. The second kappa shape index (κ2) is 7.20. The van der Waals surface area contributed by atoms with Crippen molar-refractivity contribution >= 4 is 21.8 Å². The molecule has 2 aromatic rings. The monoisotopic (exact) mass is 284 g/mol. The zero-order chi connectivity index (χ0) is 14.4. The zero-order valence-corrected chi connectivity index (χ0v) is 12.8. The summed E-state index contributed by atoms with van der Waals surface area (Å²) >= 11 is 0. The second-order valence-corrected chi connectivity index (χ2v) is 6.64. The summed E-state index contributed by atoms with van der Waals surface area (Å²) in [5.74, 6) is 0. The molecule has 104 valence electrons. The van der Waals surface area contributed by atoms with E-state index in [0.717, 1.165) is 22.5 Å². The van der Waals surface area contributed by atoms with Crippen LogP contribution in [-0.2, 0) is 10.8 Å². The molecule has 2 atom stereocenters. The third kappa shape index (κ3) is 3.67. The molecule has 0 N–H and O–H groups in total. The molecule has 0 fully saturated rings. The lowest BCUT2D eigenvalue weighted by Crippen LogP contribution is -2.10. The van der Waals surface area contributed by atoms with E-state index in [1.807, 2.05) is 73.7 Å². The number of benzene rings is 2. The Hall–Kier alpha value is -1.67. The summed E-state index contributed by atoms with van der Waals surface area (Å²) in [7, 11) is -0.993. The van der Waals surface area contributed by atoms with Gasteiger partial charge in [-0.1, -0.05) is 74.5 Å². The van der Waals surface area contributed by atoms with Gasteiger partial charge in [-0.3, -0.25) is 4.21 Å². The minimum absolute atomic E-state index is 0.158. The predicted octanol–water partition coefficient (Wildman–Crippen LogP) is 4.73. The summed E-state index contributed by atoms with van der Waals surface area (Å²) in [4.78, 5) is 0.908. The van der Waals surface area contributed by atoms with Gasteiger partial charge in [-0.2, -0.15) is 0 Å². The van der Waals surface area contributed by atoms with Crippen molar-refractivity contribution in [3.8, 4) is 0 Å². The summed E-state index contributed by atoms with van der Waals surface area (Å²) < 4.78 is 12.7. The first-order valence-corrected chi connectivity index (χ1v) is 8.16. The van der Waals surface area contributed by atoms with Gasteiger partial charge in [0.2, 0.25) is 0 Å². The number of hydrogen-bond donors (Lipinski definition) is 0. The van der Waals surface area contributed by atoms with Gasteiger partial charge in [0.15, 0.2) is 0 Å². The number of rotatable bonds is 5. The molecule has 0 saturated carbocycles. The Balaban J connectivity index is 2.45. The second-order valence-electron chi connectivity index (χ2n) is 4.80. The van der Waals surface area contributed by atoms with Gasteiger partial charge < -0.3 is 0 Å². The third-order valence-electron chi connectivity index (χ3n) is 3.31. The van der Waals surface area contributed by atoms with E-state index in [0.29, 0.717) is 0 Å². The van der Waals surface area contributed by atoms with Crippen molar-refractivity contribution in [2.45, 2.75) is 25.5 Å². The standard InChI is InChI=1S/C18H20OS/c1-3-15(2)20(19)18(17-12-8-5-9-13-17)14-16-10-6-4-7-11-16/h4-15H,3H2,1-2H3/b18-14-. The average Bonchev–Trinajstić information content (AvgIpc) is 2.53. The van der Waals surface area contributed by atoms with Crippen molar-refractivity contribution in [2.24, 2.45) is 0 Å². The lowest BCUT2D eigenvalue weighted by atomic mass is 10.1. The van der Waals surface area contributed by atoms with Crippen LogP contribution in [0.1, 0.15) is 31.4 Å². The molecule has 0 radical (unpaired) electrons. The summed E-state index contributed by atoms with van der Waals surface area (Å²) in [6, 6.07) is 20.1. The average molecular weight is 284 g/mol. The molecule has 0 amide bonds. The van der Waals surface area contributed by atoms with E-state index >= 15 is 0 Å². The van der Waals surface area contributed by atoms with Crippen molar-refractivity contribution in [2.75, 3.05) is 0 Å².